The molecule has 0 amide bonds. The van der Waals surface area contributed by atoms with Crippen LogP contribution < -0.4 is 5.73 Å². The van der Waals surface area contributed by atoms with E-state index in [-0.39, 0.29) is 33.0 Å². The third-order valence-electron chi connectivity index (χ3n) is 14.2. The molecule has 2 heterocycles. The number of carboxylic acid groups (broad SMARTS) is 1. The van der Waals surface area contributed by atoms with Gasteiger partial charge in [0.1, 0.15) is 5.82 Å². The number of rotatable bonds is 2. The van der Waals surface area contributed by atoms with Crippen LogP contribution in [-0.2, 0) is 16.6 Å². The van der Waals surface area contributed by atoms with Gasteiger partial charge in [0.25, 0.3) is 0 Å². The first-order chi connectivity index (χ1) is 19.1. The molecule has 7 heteroatoms. The number of aromatic nitrogens is 4. The van der Waals surface area contributed by atoms with Gasteiger partial charge in [-0.3, -0.25) is 15.0 Å². The highest BCUT2D eigenvalue weighted by Gasteiger charge is 2.70. The zero-order valence-electron chi connectivity index (χ0n) is 26.1. The molecule has 2 aromatic rings. The molecule has 0 saturated heterocycles. The third-order valence-corrected chi connectivity index (χ3v) is 14.2. The fourth-order valence-corrected chi connectivity index (χ4v) is 11.9. The van der Waals surface area contributed by atoms with Gasteiger partial charge in [-0.25, -0.2) is 0 Å². The van der Waals surface area contributed by atoms with Crippen LogP contribution in [0.1, 0.15) is 117 Å². The third kappa shape index (κ3) is 3.24. The Morgan fingerprint density at radius 2 is 1.76 bits per heavy atom. The van der Waals surface area contributed by atoms with Gasteiger partial charge >= 0.3 is 5.97 Å². The fourth-order valence-electron chi connectivity index (χ4n) is 11.9. The van der Waals surface area contributed by atoms with E-state index in [0.29, 0.717) is 11.8 Å². The molecule has 7 rings (SSSR count). The minimum Gasteiger partial charge on any atom is -0.481 e. The first kappa shape index (κ1) is 27.3. The number of nitrogen functional groups attached to an aromatic ring is 1. The van der Waals surface area contributed by atoms with Gasteiger partial charge in [-0.15, -0.1) is 0 Å². The molecule has 7 atom stereocenters. The van der Waals surface area contributed by atoms with E-state index in [9.17, 15) is 9.90 Å². The average molecular weight is 560 g/mol. The van der Waals surface area contributed by atoms with Gasteiger partial charge in [0.15, 0.2) is 0 Å². The van der Waals surface area contributed by atoms with E-state index in [0.717, 1.165) is 74.9 Å². The van der Waals surface area contributed by atoms with Crippen LogP contribution in [0.3, 0.4) is 0 Å². The second-order valence-electron chi connectivity index (χ2n) is 16.7. The molecular formula is C34H49N5O2. The minimum absolute atomic E-state index is 0.0399. The summed E-state index contributed by atoms with van der Waals surface area (Å²) >= 11 is 0. The summed E-state index contributed by atoms with van der Waals surface area (Å²) in [6.45, 7) is 17.1. The molecule has 0 aliphatic heterocycles. The average Bonchev–Trinajstić information content (AvgIpc) is 3.54. The van der Waals surface area contributed by atoms with E-state index in [1.807, 2.05) is 6.20 Å². The first-order valence-electron chi connectivity index (χ1n) is 15.9. The van der Waals surface area contributed by atoms with E-state index < -0.39 is 11.4 Å². The number of nitrogens with one attached hydrogen (secondary N) is 2. The van der Waals surface area contributed by atoms with Crippen molar-refractivity contribution in [2.75, 3.05) is 5.73 Å². The number of carbonyl (C=O) groups is 1. The molecule has 3 saturated carbocycles. The Morgan fingerprint density at radius 3 is 2.44 bits per heavy atom. The van der Waals surface area contributed by atoms with E-state index >= 15 is 0 Å². The molecule has 41 heavy (non-hydrogen) atoms. The van der Waals surface area contributed by atoms with Gasteiger partial charge in [0.05, 0.1) is 17.3 Å². The zero-order chi connectivity index (χ0) is 29.4. The number of H-pyrrole nitrogens is 2. The Kier molecular flexibility index (Phi) is 5.37. The number of aliphatic carboxylic acids is 1. The van der Waals surface area contributed by atoms with Gasteiger partial charge < -0.3 is 10.8 Å². The molecule has 3 fully saturated rings. The van der Waals surface area contributed by atoms with Crippen molar-refractivity contribution in [1.29, 1.82) is 0 Å². The molecule has 5 N–H and O–H groups in total. The number of nitrogens with two attached hydrogens (primary N) is 1. The summed E-state index contributed by atoms with van der Waals surface area (Å²) in [5.41, 5.74) is 12.3. The summed E-state index contributed by atoms with van der Waals surface area (Å²) in [5, 5.41) is 26.3. The molecule has 0 radical (unpaired) electrons. The van der Waals surface area contributed by atoms with Gasteiger partial charge in [0.2, 0.25) is 0 Å². The number of hydrogen-bond donors (Lipinski definition) is 4. The van der Waals surface area contributed by atoms with Crippen molar-refractivity contribution in [3.05, 3.63) is 34.8 Å². The number of hydrogen-bond acceptors (Lipinski definition) is 4. The quantitative estimate of drug-likeness (QED) is 0.312. The Morgan fingerprint density at radius 1 is 1.02 bits per heavy atom. The molecule has 0 spiro atoms. The van der Waals surface area contributed by atoms with Crippen LogP contribution in [0.25, 0.3) is 5.57 Å². The minimum atomic E-state index is -0.670. The fraction of sp³-hybridized carbons (Fsp3) is 0.735. The van der Waals surface area contributed by atoms with Crippen molar-refractivity contribution < 1.29 is 9.90 Å². The number of fused-ring (bicyclic) bond motifs is 8. The highest BCUT2D eigenvalue weighted by molar-refractivity contribution is 5.80. The molecule has 5 aliphatic rings. The smallest absolute Gasteiger partial charge is 0.310 e. The Labute approximate surface area is 244 Å². The highest BCUT2D eigenvalue weighted by atomic mass is 16.4. The van der Waals surface area contributed by atoms with Crippen LogP contribution in [-0.4, -0.2) is 31.5 Å². The molecule has 2 aromatic heterocycles. The number of anilines is 1. The van der Waals surface area contributed by atoms with Crippen molar-refractivity contribution >= 4 is 17.4 Å². The van der Waals surface area contributed by atoms with E-state index in [4.69, 9.17) is 10.8 Å². The van der Waals surface area contributed by atoms with Crippen LogP contribution in [0.5, 0.6) is 0 Å². The van der Waals surface area contributed by atoms with Crippen LogP contribution in [0.2, 0.25) is 0 Å². The lowest BCUT2D eigenvalue weighted by atomic mass is 9.33. The maximum absolute atomic E-state index is 13.2. The van der Waals surface area contributed by atoms with Crippen molar-refractivity contribution in [3.8, 4) is 0 Å². The second-order valence-corrected chi connectivity index (χ2v) is 16.7. The zero-order valence-corrected chi connectivity index (χ0v) is 26.1. The molecular weight excluding hydrogens is 510 g/mol. The van der Waals surface area contributed by atoms with Crippen LogP contribution >= 0.6 is 0 Å². The SMILES string of the molecule is CC1(C)CC[C@]2(C(=O)O)CC[C@]3(C)C(=C(c4cn[nH]c4)CC4[C@@]5(C)Cc6c(n[nH]c6N)C(C)(C)[C@@H]5CC[C@]43C)[C@@H]2C1. The first-order valence-corrected chi connectivity index (χ1v) is 15.9. The van der Waals surface area contributed by atoms with Crippen molar-refractivity contribution in [2.24, 2.45) is 44.8 Å². The van der Waals surface area contributed by atoms with Crippen LogP contribution in [0, 0.1) is 44.8 Å². The van der Waals surface area contributed by atoms with Crippen molar-refractivity contribution in [3.63, 3.8) is 0 Å². The van der Waals surface area contributed by atoms with E-state index in [1.165, 1.54) is 16.7 Å². The lowest BCUT2D eigenvalue weighted by Crippen LogP contribution is -2.65. The topological polar surface area (TPSA) is 121 Å². The predicted octanol–water partition coefficient (Wildman–Crippen LogP) is 7.14. The number of carboxylic acids is 1. The molecule has 5 aliphatic carbocycles. The monoisotopic (exact) mass is 559 g/mol. The van der Waals surface area contributed by atoms with Crippen LogP contribution in [0.15, 0.2) is 18.0 Å². The van der Waals surface area contributed by atoms with Gasteiger partial charge in [-0.1, -0.05) is 54.0 Å². The van der Waals surface area contributed by atoms with E-state index in [1.54, 1.807) is 0 Å². The second kappa shape index (κ2) is 8.08. The molecule has 0 aromatic carbocycles. The summed E-state index contributed by atoms with van der Waals surface area (Å²) < 4.78 is 0. The summed E-state index contributed by atoms with van der Waals surface area (Å²) in [6, 6.07) is 0. The van der Waals surface area contributed by atoms with Gasteiger partial charge in [-0.05, 0) is 103 Å². The van der Waals surface area contributed by atoms with Gasteiger partial charge in [-0.2, -0.15) is 10.2 Å². The molecule has 7 nitrogen and oxygen atoms in total. The molecule has 1 unspecified atom stereocenters. The summed E-state index contributed by atoms with van der Waals surface area (Å²) in [4.78, 5) is 13.2. The number of allylic oxidation sites excluding steroid dienone is 2. The standard InChI is InChI=1S/C34H49N5O2/c1-29(2)10-12-34(28(40)41)13-11-33(7)25(22(34)16-29)20(19-17-36-37-18-19)14-24-31(5)15-21-26(38-39-27(21)35)30(3,4)23(31)8-9-32(24,33)6/h17-18,22-24H,8-16H2,1-7H3,(H,36,37)(H,40,41)(H3,35,38,39)/t22-,23-,24?,31-,32+,33+,34-/m0/s1. The van der Waals surface area contributed by atoms with Crippen molar-refractivity contribution in [2.45, 2.75) is 112 Å². The Balaban J connectivity index is 1.47. The van der Waals surface area contributed by atoms with Crippen molar-refractivity contribution in [1.82, 2.24) is 20.4 Å². The maximum atomic E-state index is 13.2. The van der Waals surface area contributed by atoms with E-state index in [2.05, 4.69) is 70.0 Å². The molecule has 0 bridgehead atoms. The van der Waals surface area contributed by atoms with Crippen LogP contribution in [0.4, 0.5) is 5.82 Å². The number of nitrogens with zero attached hydrogens (tertiary/aromatic N) is 2. The number of aromatic amines is 2. The highest BCUT2D eigenvalue weighted by Crippen LogP contribution is 2.77. The summed E-state index contributed by atoms with van der Waals surface area (Å²) in [7, 11) is 0. The summed E-state index contributed by atoms with van der Waals surface area (Å²) in [5.74, 6) is 1.12. The lowest BCUT2D eigenvalue weighted by molar-refractivity contribution is -0.175. The maximum Gasteiger partial charge on any atom is 0.310 e. The molecule has 222 valence electrons. The Bertz CT molecular complexity index is 1450. The summed E-state index contributed by atoms with van der Waals surface area (Å²) in [6.07, 6.45) is 12.7. The largest absolute Gasteiger partial charge is 0.481 e. The lowest BCUT2D eigenvalue weighted by Gasteiger charge is -2.71. The Hall–Kier alpha value is -2.57. The van der Waals surface area contributed by atoms with Gasteiger partial charge in [0, 0.05) is 22.7 Å². The predicted molar refractivity (Wildman–Crippen MR) is 161 cm³/mol. The normalized spacial score (nSPS) is 42.4.